The Balaban J connectivity index is 1.45. The largest absolute Gasteiger partial charge is 0.369 e. The molecule has 10 N–H and O–H groups in total. The SMILES string of the molecule is Nc1ncc(C(CCNC(=O)c2cc(Br)c[nH]2)c2[nH]c(N)nc2C=CCNC(=O)c2cc(Br)c[nH]2)[nH]1. The fraction of sp³-hybridized carbons (Fsp3) is 0.182. The van der Waals surface area contributed by atoms with Gasteiger partial charge in [0.2, 0.25) is 0 Å². The molecule has 4 rings (SSSR count). The first-order chi connectivity index (χ1) is 17.3. The summed E-state index contributed by atoms with van der Waals surface area (Å²) in [4.78, 5) is 45.1. The highest BCUT2D eigenvalue weighted by Crippen LogP contribution is 2.29. The smallest absolute Gasteiger partial charge is 0.267 e. The highest BCUT2D eigenvalue weighted by Gasteiger charge is 2.22. The number of hydrogen-bond acceptors (Lipinski definition) is 6. The van der Waals surface area contributed by atoms with Gasteiger partial charge < -0.3 is 42.0 Å². The Morgan fingerprint density at radius 3 is 2.25 bits per heavy atom. The van der Waals surface area contributed by atoms with Crippen LogP contribution in [0.5, 0.6) is 0 Å². The number of nitrogen functional groups attached to an aromatic ring is 2. The van der Waals surface area contributed by atoms with Crippen LogP contribution in [-0.2, 0) is 0 Å². The summed E-state index contributed by atoms with van der Waals surface area (Å²) in [5.74, 6) is -0.206. The second-order valence-corrected chi connectivity index (χ2v) is 9.65. The van der Waals surface area contributed by atoms with Gasteiger partial charge in [0.15, 0.2) is 11.9 Å². The number of aromatic nitrogens is 6. The maximum atomic E-state index is 12.4. The van der Waals surface area contributed by atoms with Gasteiger partial charge in [-0.15, -0.1) is 0 Å². The van der Waals surface area contributed by atoms with Crippen molar-refractivity contribution in [2.45, 2.75) is 12.3 Å². The lowest BCUT2D eigenvalue weighted by molar-refractivity contribution is 0.0942. The molecule has 0 fully saturated rings. The maximum absolute atomic E-state index is 12.4. The highest BCUT2D eigenvalue weighted by atomic mass is 79.9. The van der Waals surface area contributed by atoms with Gasteiger partial charge in [-0.25, -0.2) is 9.97 Å². The van der Waals surface area contributed by atoms with Crippen molar-refractivity contribution >= 4 is 61.6 Å². The van der Waals surface area contributed by atoms with Gasteiger partial charge in [0, 0.05) is 46.0 Å². The third kappa shape index (κ3) is 6.26. The quantitative estimate of drug-likeness (QED) is 0.134. The minimum Gasteiger partial charge on any atom is -0.369 e. The number of hydrogen-bond donors (Lipinski definition) is 8. The summed E-state index contributed by atoms with van der Waals surface area (Å²) in [5.41, 5.74) is 14.8. The molecule has 0 aliphatic rings. The number of nitrogens with one attached hydrogen (secondary N) is 6. The molecule has 1 atom stereocenters. The predicted octanol–water partition coefficient (Wildman–Crippen LogP) is 2.87. The van der Waals surface area contributed by atoms with E-state index in [-0.39, 0.29) is 36.2 Å². The summed E-state index contributed by atoms with van der Waals surface area (Å²) >= 11 is 6.63. The summed E-state index contributed by atoms with van der Waals surface area (Å²) in [6.07, 6.45) is 9.08. The van der Waals surface area contributed by atoms with Crippen molar-refractivity contribution in [1.82, 2.24) is 40.5 Å². The zero-order valence-corrected chi connectivity index (χ0v) is 22.0. The summed E-state index contributed by atoms with van der Waals surface area (Å²) < 4.78 is 1.59. The van der Waals surface area contributed by atoms with E-state index >= 15 is 0 Å². The average Bonchev–Trinajstić information content (AvgIpc) is 3.63. The van der Waals surface area contributed by atoms with E-state index in [1.165, 1.54) is 0 Å². The van der Waals surface area contributed by atoms with Crippen LogP contribution in [0.4, 0.5) is 11.9 Å². The van der Waals surface area contributed by atoms with Crippen LogP contribution < -0.4 is 22.1 Å². The van der Waals surface area contributed by atoms with E-state index < -0.39 is 0 Å². The molecule has 0 aromatic carbocycles. The topological polar surface area (TPSA) is 199 Å². The molecule has 0 aliphatic heterocycles. The Morgan fingerprint density at radius 1 is 1.00 bits per heavy atom. The first kappa shape index (κ1) is 25.3. The lowest BCUT2D eigenvalue weighted by Crippen LogP contribution is -2.26. The van der Waals surface area contributed by atoms with Crippen molar-refractivity contribution in [3.05, 3.63) is 74.2 Å². The van der Waals surface area contributed by atoms with Crippen molar-refractivity contribution in [1.29, 1.82) is 0 Å². The number of H-pyrrole nitrogens is 4. The minimum absolute atomic E-state index is 0.224. The number of nitrogens with zero attached hydrogens (tertiary/aromatic N) is 2. The molecule has 12 nitrogen and oxygen atoms in total. The second kappa shape index (κ2) is 11.3. The molecule has 0 spiro atoms. The third-order valence-corrected chi connectivity index (χ3v) is 6.19. The van der Waals surface area contributed by atoms with Gasteiger partial charge in [-0.05, 0) is 56.5 Å². The molecule has 1 unspecified atom stereocenters. The van der Waals surface area contributed by atoms with E-state index in [2.05, 4.69) is 72.4 Å². The molecule has 188 valence electrons. The lowest BCUT2D eigenvalue weighted by atomic mass is 9.96. The Labute approximate surface area is 222 Å². The van der Waals surface area contributed by atoms with Crippen molar-refractivity contribution in [2.75, 3.05) is 24.6 Å². The van der Waals surface area contributed by atoms with Crippen LogP contribution in [0.25, 0.3) is 6.08 Å². The molecule has 14 heteroatoms. The van der Waals surface area contributed by atoms with Gasteiger partial charge in [-0.2, -0.15) is 0 Å². The monoisotopic (exact) mass is 618 g/mol. The Hall–Kier alpha value is -3.78. The fourth-order valence-corrected chi connectivity index (χ4v) is 4.32. The van der Waals surface area contributed by atoms with Crippen LogP contribution in [0.2, 0.25) is 0 Å². The van der Waals surface area contributed by atoms with Crippen molar-refractivity contribution in [2.24, 2.45) is 0 Å². The summed E-state index contributed by atoms with van der Waals surface area (Å²) in [6.45, 7) is 0.647. The van der Waals surface area contributed by atoms with E-state index in [1.54, 1.807) is 42.9 Å². The van der Waals surface area contributed by atoms with Gasteiger partial charge in [0.05, 0.1) is 17.6 Å². The molecule has 4 aromatic rings. The van der Waals surface area contributed by atoms with Gasteiger partial charge in [0.1, 0.15) is 11.4 Å². The maximum Gasteiger partial charge on any atom is 0.267 e. The molecule has 0 radical (unpaired) electrons. The van der Waals surface area contributed by atoms with Crippen molar-refractivity contribution < 1.29 is 9.59 Å². The van der Waals surface area contributed by atoms with E-state index in [1.807, 2.05) is 0 Å². The van der Waals surface area contributed by atoms with Crippen LogP contribution in [0.1, 0.15) is 50.4 Å². The minimum atomic E-state index is -0.263. The van der Waals surface area contributed by atoms with Crippen LogP contribution >= 0.6 is 31.9 Å². The van der Waals surface area contributed by atoms with Crippen LogP contribution in [0, 0.1) is 0 Å². The van der Waals surface area contributed by atoms with Crippen molar-refractivity contribution in [3.8, 4) is 0 Å². The Morgan fingerprint density at radius 2 is 1.67 bits per heavy atom. The molecule has 36 heavy (non-hydrogen) atoms. The summed E-state index contributed by atoms with van der Waals surface area (Å²) in [7, 11) is 0. The number of nitrogens with two attached hydrogens (primary N) is 2. The first-order valence-corrected chi connectivity index (χ1v) is 12.4. The number of imidazole rings is 2. The van der Waals surface area contributed by atoms with Gasteiger partial charge in [-0.3, -0.25) is 9.59 Å². The molecule has 2 amide bonds. The van der Waals surface area contributed by atoms with E-state index in [0.717, 1.165) is 20.3 Å². The number of carbonyl (C=O) groups excluding carboxylic acids is 2. The summed E-state index contributed by atoms with van der Waals surface area (Å²) in [5, 5.41) is 5.71. The second-order valence-electron chi connectivity index (χ2n) is 7.82. The van der Waals surface area contributed by atoms with E-state index in [9.17, 15) is 9.59 Å². The molecule has 4 heterocycles. The van der Waals surface area contributed by atoms with E-state index in [0.29, 0.717) is 30.0 Å². The van der Waals surface area contributed by atoms with Crippen LogP contribution in [-0.4, -0.2) is 54.8 Å². The third-order valence-electron chi connectivity index (χ3n) is 5.28. The zero-order chi connectivity index (χ0) is 25.7. The van der Waals surface area contributed by atoms with Crippen molar-refractivity contribution in [3.63, 3.8) is 0 Å². The molecule has 0 aliphatic carbocycles. The number of anilines is 2. The molecule has 0 bridgehead atoms. The standard InChI is InChI=1S/C22H24Br2N10O2/c23-11-6-15(29-8-11)19(35)27-4-1-2-14-18(34-22(26)32-14)13(17-10-31-21(25)33-17)3-5-28-20(36)16-7-12(24)9-30-16/h1-2,6-10,13,29-30H,3-5H2,(H,27,35)(H,28,36)(H3,25,31,33)(H3,26,32,34). The predicted molar refractivity (Wildman–Crippen MR) is 143 cm³/mol. The number of aromatic amines is 4. The number of carbonyl (C=O) groups is 2. The lowest BCUT2D eigenvalue weighted by Gasteiger charge is -2.15. The highest BCUT2D eigenvalue weighted by molar-refractivity contribution is 9.10. The molecule has 4 aromatic heterocycles. The average molecular weight is 620 g/mol. The van der Waals surface area contributed by atoms with Crippen LogP contribution in [0.15, 0.2) is 45.7 Å². The Kier molecular flexibility index (Phi) is 7.95. The molecular weight excluding hydrogens is 596 g/mol. The van der Waals surface area contributed by atoms with Gasteiger partial charge in [-0.1, -0.05) is 6.08 Å². The van der Waals surface area contributed by atoms with Gasteiger partial charge in [0.25, 0.3) is 11.8 Å². The van der Waals surface area contributed by atoms with Gasteiger partial charge >= 0.3 is 0 Å². The number of amides is 2. The Bertz CT molecular complexity index is 1380. The van der Waals surface area contributed by atoms with E-state index in [4.69, 9.17) is 11.5 Å². The number of halogens is 2. The zero-order valence-electron chi connectivity index (χ0n) is 18.9. The first-order valence-electron chi connectivity index (χ1n) is 10.9. The normalized spacial score (nSPS) is 12.2. The number of rotatable bonds is 10. The van der Waals surface area contributed by atoms with Crippen LogP contribution in [0.3, 0.4) is 0 Å². The summed E-state index contributed by atoms with van der Waals surface area (Å²) in [6, 6.07) is 3.40. The molecular formula is C22H24Br2N10O2. The molecule has 0 saturated carbocycles. The molecule has 0 saturated heterocycles. The fourth-order valence-electron chi connectivity index (χ4n) is 3.64.